The fourth-order valence-corrected chi connectivity index (χ4v) is 2.76. The molecular formula is C14H9BrClN3O2. The van der Waals surface area contributed by atoms with E-state index in [1.54, 1.807) is 24.3 Å². The van der Waals surface area contributed by atoms with Crippen LogP contribution in [0.15, 0.2) is 39.6 Å². The minimum absolute atomic E-state index is 0.215. The van der Waals surface area contributed by atoms with E-state index in [4.69, 9.17) is 17.3 Å². The average molecular weight is 367 g/mol. The molecule has 0 unspecified atom stereocenters. The Morgan fingerprint density at radius 1 is 1.14 bits per heavy atom. The van der Waals surface area contributed by atoms with Crippen molar-refractivity contribution in [2.45, 2.75) is 0 Å². The Hall–Kier alpha value is -2.05. The predicted octanol–water partition coefficient (Wildman–Crippen LogP) is 3.09. The molecular weight excluding hydrogens is 358 g/mol. The third-order valence-electron chi connectivity index (χ3n) is 3.11. The molecule has 0 aliphatic rings. The molecule has 0 amide bonds. The van der Waals surface area contributed by atoms with Crippen molar-refractivity contribution in [3.63, 3.8) is 0 Å². The number of ketones is 1. The van der Waals surface area contributed by atoms with Gasteiger partial charge in [0, 0.05) is 15.6 Å². The maximum absolute atomic E-state index is 12.5. The molecule has 1 aromatic heterocycles. The molecule has 0 bridgehead atoms. The standard InChI is InChI=1S/C14H9BrClN3O2/c15-8-5-12-11(18-14(21)19-12)4-7(8)13(20)6-1-2-10(17)9(16)3-6/h1-5H,17H2,(H2,18,19,21). The van der Waals surface area contributed by atoms with Gasteiger partial charge in [-0.2, -0.15) is 0 Å². The number of anilines is 1. The fraction of sp³-hybridized carbons (Fsp3) is 0. The summed E-state index contributed by atoms with van der Waals surface area (Å²) in [5.41, 5.74) is 7.77. The number of rotatable bonds is 2. The van der Waals surface area contributed by atoms with Gasteiger partial charge in [0.15, 0.2) is 5.78 Å². The molecule has 2 aromatic carbocycles. The molecule has 3 aromatic rings. The van der Waals surface area contributed by atoms with Crippen LogP contribution in [0.1, 0.15) is 15.9 Å². The topological polar surface area (TPSA) is 91.7 Å². The summed E-state index contributed by atoms with van der Waals surface area (Å²) in [6.45, 7) is 0. The first-order chi connectivity index (χ1) is 9.95. The molecule has 106 valence electrons. The summed E-state index contributed by atoms with van der Waals surface area (Å²) < 4.78 is 0.586. The summed E-state index contributed by atoms with van der Waals surface area (Å²) >= 11 is 9.29. The summed E-state index contributed by atoms with van der Waals surface area (Å²) in [4.78, 5) is 29.1. The van der Waals surface area contributed by atoms with Crippen LogP contribution >= 0.6 is 27.5 Å². The van der Waals surface area contributed by atoms with E-state index >= 15 is 0 Å². The first-order valence-electron chi connectivity index (χ1n) is 5.97. The normalized spacial score (nSPS) is 11.0. The number of hydrogen-bond acceptors (Lipinski definition) is 3. The zero-order valence-electron chi connectivity index (χ0n) is 10.5. The quantitative estimate of drug-likeness (QED) is 0.481. The highest BCUT2D eigenvalue weighted by molar-refractivity contribution is 9.10. The summed E-state index contributed by atoms with van der Waals surface area (Å²) in [5.74, 6) is -0.215. The Morgan fingerprint density at radius 3 is 2.48 bits per heavy atom. The van der Waals surface area contributed by atoms with Crippen molar-refractivity contribution in [1.29, 1.82) is 0 Å². The number of carbonyl (C=O) groups is 1. The molecule has 0 saturated heterocycles. The van der Waals surface area contributed by atoms with Crippen LogP contribution in [0.5, 0.6) is 0 Å². The number of benzene rings is 2. The van der Waals surface area contributed by atoms with Crippen LogP contribution in [0.25, 0.3) is 11.0 Å². The molecule has 0 saturated carbocycles. The van der Waals surface area contributed by atoms with Crippen molar-refractivity contribution in [3.8, 4) is 0 Å². The second kappa shape index (κ2) is 5.05. The molecule has 0 aliphatic heterocycles. The Labute approximate surface area is 132 Å². The average Bonchev–Trinajstić information content (AvgIpc) is 2.79. The van der Waals surface area contributed by atoms with Crippen LogP contribution in [0.2, 0.25) is 5.02 Å². The molecule has 3 rings (SSSR count). The van der Waals surface area contributed by atoms with Gasteiger partial charge in [-0.3, -0.25) is 4.79 Å². The van der Waals surface area contributed by atoms with Crippen molar-refractivity contribution in [2.24, 2.45) is 0 Å². The van der Waals surface area contributed by atoms with E-state index in [2.05, 4.69) is 25.9 Å². The zero-order chi connectivity index (χ0) is 15.1. The Bertz CT molecular complexity index is 930. The van der Waals surface area contributed by atoms with Crippen LogP contribution in [0, 0.1) is 0 Å². The van der Waals surface area contributed by atoms with E-state index in [-0.39, 0.29) is 11.5 Å². The second-order valence-corrected chi connectivity index (χ2v) is 5.78. The van der Waals surface area contributed by atoms with Gasteiger partial charge in [-0.15, -0.1) is 0 Å². The number of aromatic nitrogens is 2. The summed E-state index contributed by atoms with van der Waals surface area (Å²) in [6.07, 6.45) is 0. The molecule has 4 N–H and O–H groups in total. The summed E-state index contributed by atoms with van der Waals surface area (Å²) in [5, 5.41) is 0.327. The van der Waals surface area contributed by atoms with Gasteiger partial charge in [-0.25, -0.2) is 4.79 Å². The Morgan fingerprint density at radius 2 is 1.81 bits per heavy atom. The monoisotopic (exact) mass is 365 g/mol. The highest BCUT2D eigenvalue weighted by Crippen LogP contribution is 2.26. The SMILES string of the molecule is Nc1ccc(C(=O)c2cc3[nH]c(=O)[nH]c3cc2Br)cc1Cl. The van der Waals surface area contributed by atoms with Gasteiger partial charge in [0.25, 0.3) is 0 Å². The maximum Gasteiger partial charge on any atom is 0.323 e. The molecule has 5 nitrogen and oxygen atoms in total. The first kappa shape index (κ1) is 13.9. The minimum atomic E-state index is -0.322. The largest absolute Gasteiger partial charge is 0.398 e. The van der Waals surface area contributed by atoms with Crippen LogP contribution in [0.3, 0.4) is 0 Å². The Balaban J connectivity index is 2.14. The van der Waals surface area contributed by atoms with Gasteiger partial charge in [0.2, 0.25) is 0 Å². The number of hydrogen-bond donors (Lipinski definition) is 3. The number of H-pyrrole nitrogens is 2. The number of nitrogens with two attached hydrogens (primary N) is 1. The lowest BCUT2D eigenvalue weighted by Gasteiger charge is -2.06. The minimum Gasteiger partial charge on any atom is -0.398 e. The number of nitrogen functional groups attached to an aromatic ring is 1. The van der Waals surface area contributed by atoms with E-state index in [1.165, 1.54) is 6.07 Å². The molecule has 7 heteroatoms. The number of aromatic amines is 2. The number of carbonyl (C=O) groups excluding carboxylic acids is 1. The van der Waals surface area contributed by atoms with E-state index in [0.29, 0.717) is 37.3 Å². The molecule has 0 aliphatic carbocycles. The fourth-order valence-electron chi connectivity index (χ4n) is 2.05. The van der Waals surface area contributed by atoms with Gasteiger partial charge in [-0.1, -0.05) is 11.6 Å². The third-order valence-corrected chi connectivity index (χ3v) is 4.09. The van der Waals surface area contributed by atoms with Gasteiger partial charge in [0.05, 0.1) is 21.7 Å². The third kappa shape index (κ3) is 2.48. The van der Waals surface area contributed by atoms with Gasteiger partial charge < -0.3 is 15.7 Å². The lowest BCUT2D eigenvalue weighted by Crippen LogP contribution is -2.03. The van der Waals surface area contributed by atoms with Gasteiger partial charge >= 0.3 is 5.69 Å². The number of halogens is 2. The van der Waals surface area contributed by atoms with Crippen LogP contribution < -0.4 is 11.4 Å². The lowest BCUT2D eigenvalue weighted by atomic mass is 10.0. The number of fused-ring (bicyclic) bond motifs is 1. The van der Waals surface area contributed by atoms with Crippen molar-refractivity contribution in [3.05, 3.63) is 61.4 Å². The lowest BCUT2D eigenvalue weighted by molar-refractivity contribution is 0.103. The number of imidazole rings is 1. The number of nitrogens with one attached hydrogen (secondary N) is 2. The smallest absolute Gasteiger partial charge is 0.323 e. The van der Waals surface area contributed by atoms with Crippen LogP contribution in [0.4, 0.5) is 5.69 Å². The zero-order valence-corrected chi connectivity index (χ0v) is 12.9. The highest BCUT2D eigenvalue weighted by Gasteiger charge is 2.15. The summed E-state index contributed by atoms with van der Waals surface area (Å²) in [6, 6.07) is 8.01. The highest BCUT2D eigenvalue weighted by atomic mass is 79.9. The van der Waals surface area contributed by atoms with E-state index in [1.807, 2.05) is 0 Å². The molecule has 0 radical (unpaired) electrons. The van der Waals surface area contributed by atoms with Crippen molar-refractivity contribution >= 4 is 50.0 Å². The van der Waals surface area contributed by atoms with Crippen LogP contribution in [-0.2, 0) is 0 Å². The van der Waals surface area contributed by atoms with Crippen molar-refractivity contribution < 1.29 is 4.79 Å². The molecule has 21 heavy (non-hydrogen) atoms. The van der Waals surface area contributed by atoms with Crippen molar-refractivity contribution in [1.82, 2.24) is 9.97 Å². The molecule has 0 spiro atoms. The van der Waals surface area contributed by atoms with Crippen molar-refractivity contribution in [2.75, 3.05) is 5.73 Å². The van der Waals surface area contributed by atoms with E-state index in [9.17, 15) is 9.59 Å². The molecule has 0 atom stereocenters. The van der Waals surface area contributed by atoms with Gasteiger partial charge in [0.1, 0.15) is 0 Å². The molecule has 1 heterocycles. The first-order valence-corrected chi connectivity index (χ1v) is 7.14. The maximum atomic E-state index is 12.5. The predicted molar refractivity (Wildman–Crippen MR) is 85.9 cm³/mol. The second-order valence-electron chi connectivity index (χ2n) is 4.52. The Kier molecular flexibility index (Phi) is 3.35. The van der Waals surface area contributed by atoms with Crippen LogP contribution in [-0.4, -0.2) is 15.8 Å². The van der Waals surface area contributed by atoms with E-state index in [0.717, 1.165) is 0 Å². The summed E-state index contributed by atoms with van der Waals surface area (Å²) in [7, 11) is 0. The van der Waals surface area contributed by atoms with Gasteiger partial charge in [-0.05, 0) is 46.3 Å². The molecule has 0 fully saturated rings. The van der Waals surface area contributed by atoms with E-state index < -0.39 is 0 Å².